The molecule has 32 heavy (non-hydrogen) atoms. The van der Waals surface area contributed by atoms with E-state index in [1.54, 1.807) is 13.3 Å². The maximum atomic E-state index is 13.2. The smallest absolute Gasteiger partial charge is 0.340 e. The van der Waals surface area contributed by atoms with Crippen molar-refractivity contribution in [1.82, 2.24) is 14.5 Å². The van der Waals surface area contributed by atoms with Crippen molar-refractivity contribution in [2.45, 2.75) is 51.6 Å². The Labute approximate surface area is 190 Å². The molecule has 0 bridgehead atoms. The third-order valence-corrected chi connectivity index (χ3v) is 6.28. The van der Waals surface area contributed by atoms with Gasteiger partial charge in [0.05, 0.1) is 24.8 Å². The van der Waals surface area contributed by atoms with E-state index in [1.165, 1.54) is 19.3 Å². The second kappa shape index (κ2) is 9.74. The Morgan fingerprint density at radius 2 is 2.00 bits per heavy atom. The Hall–Kier alpha value is -2.86. The van der Waals surface area contributed by atoms with Crippen LogP contribution in [0.5, 0.6) is 5.75 Å². The number of carbonyl (C=O) groups is 1. The lowest BCUT2D eigenvalue weighted by molar-refractivity contribution is 0.0526. The van der Waals surface area contributed by atoms with Gasteiger partial charge in [-0.05, 0) is 52.1 Å². The molecule has 1 aromatic carbocycles. The number of fused-ring (bicyclic) bond motifs is 1. The van der Waals surface area contributed by atoms with Crippen molar-refractivity contribution in [3.63, 3.8) is 0 Å². The fraction of sp³-hybridized carbons (Fsp3) is 0.462. The number of benzene rings is 1. The zero-order chi connectivity index (χ0) is 22.7. The lowest BCUT2D eigenvalue weighted by Gasteiger charge is -2.27. The summed E-state index contributed by atoms with van der Waals surface area (Å²) in [7, 11) is 5.75. The maximum absolute atomic E-state index is 13.2. The predicted octanol–water partition coefficient (Wildman–Crippen LogP) is 5.46. The standard InChI is InChI=1S/C26H33N3O3/c1-5-32-26(30)25-21-15-24(31-4)20(18-10-9-13-27-16-18)14-22(21)29(23(25)17-28(2)3)19-11-7-6-8-12-19/h9-10,13-16,19H,5-8,11-12,17H2,1-4H3. The van der Waals surface area contributed by atoms with Crippen molar-refractivity contribution in [1.29, 1.82) is 0 Å². The summed E-state index contributed by atoms with van der Waals surface area (Å²) in [6, 6.07) is 8.52. The quantitative estimate of drug-likeness (QED) is 0.462. The molecule has 1 fully saturated rings. The number of pyridine rings is 1. The SMILES string of the molecule is CCOC(=O)c1c(CN(C)C)n(C2CCCCC2)c2cc(-c3cccnc3)c(OC)cc12. The molecule has 1 saturated carbocycles. The van der Waals surface area contributed by atoms with E-state index in [0.717, 1.165) is 46.3 Å². The van der Waals surface area contributed by atoms with Crippen LogP contribution in [0.2, 0.25) is 0 Å². The van der Waals surface area contributed by atoms with E-state index >= 15 is 0 Å². The molecular formula is C26H33N3O3. The first-order valence-corrected chi connectivity index (χ1v) is 11.5. The molecule has 0 amide bonds. The molecule has 0 N–H and O–H groups in total. The molecule has 0 aliphatic heterocycles. The van der Waals surface area contributed by atoms with Gasteiger partial charge in [-0.1, -0.05) is 25.3 Å². The topological polar surface area (TPSA) is 56.6 Å². The van der Waals surface area contributed by atoms with Gasteiger partial charge in [-0.25, -0.2) is 4.79 Å². The van der Waals surface area contributed by atoms with E-state index in [-0.39, 0.29) is 5.97 Å². The van der Waals surface area contributed by atoms with Crippen LogP contribution in [0, 0.1) is 0 Å². The van der Waals surface area contributed by atoms with Crippen molar-refractivity contribution < 1.29 is 14.3 Å². The molecule has 6 heteroatoms. The van der Waals surface area contributed by atoms with E-state index in [1.807, 2.05) is 45.4 Å². The number of nitrogens with zero attached hydrogens (tertiary/aromatic N) is 3. The van der Waals surface area contributed by atoms with Gasteiger partial charge in [-0.15, -0.1) is 0 Å². The number of esters is 1. The molecule has 170 valence electrons. The molecule has 6 nitrogen and oxygen atoms in total. The van der Waals surface area contributed by atoms with E-state index in [4.69, 9.17) is 9.47 Å². The van der Waals surface area contributed by atoms with E-state index < -0.39 is 0 Å². The summed E-state index contributed by atoms with van der Waals surface area (Å²) in [5.74, 6) is 0.466. The molecule has 1 aliphatic carbocycles. The molecule has 1 aliphatic rings. The minimum Gasteiger partial charge on any atom is -0.496 e. The van der Waals surface area contributed by atoms with Gasteiger partial charge < -0.3 is 18.9 Å². The lowest BCUT2D eigenvalue weighted by Crippen LogP contribution is -2.21. The Kier molecular flexibility index (Phi) is 6.80. The Morgan fingerprint density at radius 3 is 2.62 bits per heavy atom. The van der Waals surface area contributed by atoms with Gasteiger partial charge in [-0.2, -0.15) is 0 Å². The van der Waals surface area contributed by atoms with Crippen LogP contribution in [-0.4, -0.2) is 48.2 Å². The highest BCUT2D eigenvalue weighted by Crippen LogP contribution is 2.41. The molecule has 4 rings (SSSR count). The largest absolute Gasteiger partial charge is 0.496 e. The molecule has 2 aromatic heterocycles. The molecular weight excluding hydrogens is 402 g/mol. The van der Waals surface area contributed by atoms with Crippen LogP contribution in [-0.2, 0) is 11.3 Å². The highest BCUT2D eigenvalue weighted by Gasteiger charge is 2.29. The van der Waals surface area contributed by atoms with Crippen LogP contribution in [0.1, 0.15) is 61.1 Å². The predicted molar refractivity (Wildman–Crippen MR) is 127 cm³/mol. The fourth-order valence-electron chi connectivity index (χ4n) is 4.95. The van der Waals surface area contributed by atoms with E-state index in [9.17, 15) is 4.79 Å². The summed E-state index contributed by atoms with van der Waals surface area (Å²) in [5.41, 5.74) is 4.73. The molecule has 2 heterocycles. The summed E-state index contributed by atoms with van der Waals surface area (Å²) in [6.45, 7) is 2.87. The summed E-state index contributed by atoms with van der Waals surface area (Å²) in [4.78, 5) is 19.6. The summed E-state index contributed by atoms with van der Waals surface area (Å²) in [5, 5.41) is 0.898. The number of hydrogen-bond acceptors (Lipinski definition) is 5. The molecule has 0 saturated heterocycles. The van der Waals surface area contributed by atoms with Gasteiger partial charge in [0, 0.05) is 47.2 Å². The van der Waals surface area contributed by atoms with Crippen LogP contribution < -0.4 is 4.74 Å². The highest BCUT2D eigenvalue weighted by atomic mass is 16.5. The molecule has 0 radical (unpaired) electrons. The monoisotopic (exact) mass is 435 g/mol. The van der Waals surface area contributed by atoms with Gasteiger partial charge in [0.2, 0.25) is 0 Å². The average Bonchev–Trinajstić information content (AvgIpc) is 3.11. The maximum Gasteiger partial charge on any atom is 0.340 e. The zero-order valence-corrected chi connectivity index (χ0v) is 19.6. The summed E-state index contributed by atoms with van der Waals surface area (Å²) >= 11 is 0. The lowest BCUT2D eigenvalue weighted by atomic mass is 9.95. The Bertz CT molecular complexity index is 1080. The van der Waals surface area contributed by atoms with Crippen molar-refractivity contribution in [3.05, 3.63) is 47.9 Å². The minimum absolute atomic E-state index is 0.264. The van der Waals surface area contributed by atoms with Crippen LogP contribution in [0.4, 0.5) is 0 Å². The second-order valence-corrected chi connectivity index (χ2v) is 8.75. The first kappa shape index (κ1) is 22.3. The van der Waals surface area contributed by atoms with Crippen LogP contribution in [0.3, 0.4) is 0 Å². The van der Waals surface area contributed by atoms with Crippen molar-refractivity contribution >= 4 is 16.9 Å². The number of ether oxygens (including phenoxy) is 2. The van der Waals surface area contributed by atoms with Crippen LogP contribution in [0.25, 0.3) is 22.0 Å². The zero-order valence-electron chi connectivity index (χ0n) is 19.6. The third-order valence-electron chi connectivity index (χ3n) is 6.28. The molecule has 0 unspecified atom stereocenters. The Balaban J connectivity index is 2.04. The number of hydrogen-bond donors (Lipinski definition) is 0. The van der Waals surface area contributed by atoms with E-state index in [2.05, 4.69) is 20.5 Å². The van der Waals surface area contributed by atoms with E-state index in [0.29, 0.717) is 24.8 Å². The molecule has 0 atom stereocenters. The van der Waals surface area contributed by atoms with Crippen LogP contribution in [0.15, 0.2) is 36.7 Å². The van der Waals surface area contributed by atoms with Gasteiger partial charge in [0.25, 0.3) is 0 Å². The van der Waals surface area contributed by atoms with Crippen molar-refractivity contribution in [2.75, 3.05) is 27.8 Å². The van der Waals surface area contributed by atoms with Gasteiger partial charge in [0.15, 0.2) is 0 Å². The Morgan fingerprint density at radius 1 is 1.22 bits per heavy atom. The number of methoxy groups -OCH3 is 1. The number of rotatable bonds is 7. The van der Waals surface area contributed by atoms with Crippen molar-refractivity contribution in [3.8, 4) is 16.9 Å². The van der Waals surface area contributed by atoms with Gasteiger partial charge >= 0.3 is 5.97 Å². The number of aromatic nitrogens is 2. The normalized spacial score (nSPS) is 14.8. The summed E-state index contributed by atoms with van der Waals surface area (Å²) in [6.07, 6.45) is 9.58. The van der Waals surface area contributed by atoms with Crippen LogP contribution >= 0.6 is 0 Å². The second-order valence-electron chi connectivity index (χ2n) is 8.75. The van der Waals surface area contributed by atoms with Crippen molar-refractivity contribution in [2.24, 2.45) is 0 Å². The first-order chi connectivity index (χ1) is 15.5. The average molecular weight is 436 g/mol. The molecule has 0 spiro atoms. The van der Waals surface area contributed by atoms with Gasteiger partial charge in [0.1, 0.15) is 5.75 Å². The van der Waals surface area contributed by atoms with Gasteiger partial charge in [-0.3, -0.25) is 4.98 Å². The third kappa shape index (κ3) is 4.24. The minimum atomic E-state index is -0.264. The first-order valence-electron chi connectivity index (χ1n) is 11.5. The summed E-state index contributed by atoms with van der Waals surface area (Å²) < 4.78 is 13.7. The highest BCUT2D eigenvalue weighted by molar-refractivity contribution is 6.07. The molecule has 3 aromatic rings. The fourth-order valence-corrected chi connectivity index (χ4v) is 4.95. The number of carbonyl (C=O) groups excluding carboxylic acids is 1.